The number of nitrogens with two attached hydrogens (primary N) is 4. The summed E-state index contributed by atoms with van der Waals surface area (Å²) in [6.07, 6.45) is -4.58. The Morgan fingerprint density at radius 3 is 2.03 bits per heavy atom. The number of benzene rings is 2. The van der Waals surface area contributed by atoms with Crippen LogP contribution in [0.4, 0.5) is 13.2 Å². The van der Waals surface area contributed by atoms with E-state index in [1.54, 1.807) is 0 Å². The minimum atomic E-state index is -5.08. The number of halogens is 3. The normalized spacial score (nSPS) is 12.8. The van der Waals surface area contributed by atoms with E-state index in [-0.39, 0.29) is 25.3 Å². The number of hydrogen-bond acceptors (Lipinski definition) is 5. The molecule has 0 saturated carbocycles. The molecule has 0 aliphatic carbocycles. The molecule has 174 valence electrons. The Labute approximate surface area is 181 Å². The van der Waals surface area contributed by atoms with E-state index in [0.29, 0.717) is 6.42 Å². The van der Waals surface area contributed by atoms with Gasteiger partial charge in [0.2, 0.25) is 5.91 Å². The first-order valence-corrected chi connectivity index (χ1v) is 9.22. The lowest BCUT2D eigenvalue weighted by atomic mass is 9.85. The minimum absolute atomic E-state index is 0.0343. The molecule has 1 atom stereocenters. The maximum Gasteiger partial charge on any atom is 0.490 e. The Bertz CT molecular complexity index is 1010. The van der Waals surface area contributed by atoms with E-state index in [0.717, 1.165) is 16.3 Å². The number of aliphatic imine (C=N–C) groups is 1. The maximum absolute atomic E-state index is 12.6. The number of Topliss-reactive ketones (excluding diaryl/α,β-unsaturated/α-hetero) is 1. The van der Waals surface area contributed by atoms with Crippen LogP contribution >= 0.6 is 0 Å². The second-order valence-corrected chi connectivity index (χ2v) is 6.83. The quantitative estimate of drug-likeness (QED) is 0.168. The lowest BCUT2D eigenvalue weighted by Crippen LogP contribution is -2.58. The molecule has 12 heteroatoms. The highest BCUT2D eigenvalue weighted by Crippen LogP contribution is 2.19. The third-order valence-corrected chi connectivity index (χ3v) is 4.38. The van der Waals surface area contributed by atoms with E-state index in [9.17, 15) is 22.8 Å². The molecule has 9 nitrogen and oxygen atoms in total. The average molecular weight is 455 g/mol. The van der Waals surface area contributed by atoms with Gasteiger partial charge in [-0.15, -0.1) is 0 Å². The SMILES string of the molecule is NC(=O)[C@@](N)(CCCN=C(N)N)C(=O)Cc1ccc2ccccc2c1.O=C(O)C(F)(F)F. The molecule has 0 unspecified atom stereocenters. The smallest absolute Gasteiger partial charge is 0.475 e. The lowest BCUT2D eigenvalue weighted by molar-refractivity contribution is -0.192. The first-order valence-electron chi connectivity index (χ1n) is 9.22. The number of carbonyl (C=O) groups is 3. The Morgan fingerprint density at radius 1 is 0.969 bits per heavy atom. The van der Waals surface area contributed by atoms with Gasteiger partial charge in [0.15, 0.2) is 17.3 Å². The van der Waals surface area contributed by atoms with Crippen molar-refractivity contribution in [1.29, 1.82) is 0 Å². The summed E-state index contributed by atoms with van der Waals surface area (Å²) >= 11 is 0. The number of rotatable bonds is 8. The summed E-state index contributed by atoms with van der Waals surface area (Å²) in [5, 5.41) is 9.21. The van der Waals surface area contributed by atoms with Crippen LogP contribution in [0, 0.1) is 0 Å². The molecule has 1 amide bonds. The fraction of sp³-hybridized carbons (Fsp3) is 0.300. The Hall–Kier alpha value is -3.67. The predicted molar refractivity (Wildman–Crippen MR) is 112 cm³/mol. The lowest BCUT2D eigenvalue weighted by Gasteiger charge is -2.24. The number of fused-ring (bicyclic) bond motifs is 1. The molecule has 0 fully saturated rings. The van der Waals surface area contributed by atoms with Gasteiger partial charge in [-0.25, -0.2) is 4.79 Å². The molecule has 2 aromatic carbocycles. The summed E-state index contributed by atoms with van der Waals surface area (Å²) in [5.41, 5.74) is 21.0. The van der Waals surface area contributed by atoms with Gasteiger partial charge >= 0.3 is 12.1 Å². The number of guanidine groups is 1. The number of aliphatic carboxylic acids is 1. The first kappa shape index (κ1) is 26.4. The number of carboxylic acids is 1. The number of primary amides is 1. The molecule has 0 heterocycles. The summed E-state index contributed by atoms with van der Waals surface area (Å²) < 4.78 is 31.7. The van der Waals surface area contributed by atoms with Crippen LogP contribution in [0.2, 0.25) is 0 Å². The van der Waals surface area contributed by atoms with Crippen molar-refractivity contribution in [3.05, 3.63) is 48.0 Å². The Kier molecular flexibility index (Phi) is 9.14. The number of amides is 1. The zero-order valence-electron chi connectivity index (χ0n) is 16.9. The number of carboxylic acid groups (broad SMARTS) is 1. The van der Waals surface area contributed by atoms with E-state index < -0.39 is 29.4 Å². The van der Waals surface area contributed by atoms with Crippen LogP contribution in [0.15, 0.2) is 47.5 Å². The second kappa shape index (κ2) is 11.1. The molecule has 0 spiro atoms. The molecule has 0 aliphatic heterocycles. The van der Waals surface area contributed by atoms with Crippen LogP contribution < -0.4 is 22.9 Å². The standard InChI is InChI=1S/C18H23N5O2.C2HF3O2/c19-16(25)18(22,8-3-9-23-17(20)21)15(24)11-12-6-7-13-4-1-2-5-14(13)10-12;3-2(4,5)1(6)7/h1-2,4-7,10H,3,8-9,11,22H2,(H2,19,25)(H4,20,21,23);(H,6,7)/t18-;/m1./s1. The molecule has 0 aromatic heterocycles. The van der Waals surface area contributed by atoms with Crippen LogP contribution in [0.3, 0.4) is 0 Å². The van der Waals surface area contributed by atoms with Crippen molar-refractivity contribution in [1.82, 2.24) is 0 Å². The molecule has 9 N–H and O–H groups in total. The highest BCUT2D eigenvalue weighted by molar-refractivity contribution is 6.10. The molecular weight excluding hydrogens is 431 g/mol. The zero-order chi connectivity index (χ0) is 24.5. The van der Waals surface area contributed by atoms with Crippen LogP contribution in [0.1, 0.15) is 18.4 Å². The predicted octanol–water partition coefficient (Wildman–Crippen LogP) is 0.821. The molecule has 0 aliphatic rings. The van der Waals surface area contributed by atoms with Crippen LogP contribution in [0.25, 0.3) is 10.8 Å². The number of hydrogen-bond donors (Lipinski definition) is 5. The van der Waals surface area contributed by atoms with Crippen molar-refractivity contribution >= 4 is 34.4 Å². The minimum Gasteiger partial charge on any atom is -0.475 e. The van der Waals surface area contributed by atoms with E-state index in [2.05, 4.69) is 4.99 Å². The van der Waals surface area contributed by atoms with E-state index in [4.69, 9.17) is 32.8 Å². The van der Waals surface area contributed by atoms with Crippen LogP contribution in [-0.2, 0) is 20.8 Å². The van der Waals surface area contributed by atoms with Crippen molar-refractivity contribution in [2.75, 3.05) is 6.54 Å². The number of carbonyl (C=O) groups excluding carboxylic acids is 2. The van der Waals surface area contributed by atoms with Gasteiger partial charge in [0.1, 0.15) is 0 Å². The van der Waals surface area contributed by atoms with Crippen molar-refractivity contribution in [2.45, 2.75) is 31.0 Å². The van der Waals surface area contributed by atoms with E-state index >= 15 is 0 Å². The van der Waals surface area contributed by atoms with Crippen molar-refractivity contribution < 1.29 is 32.7 Å². The van der Waals surface area contributed by atoms with Gasteiger partial charge in [-0.1, -0.05) is 42.5 Å². The van der Waals surface area contributed by atoms with Gasteiger partial charge in [-0.3, -0.25) is 14.6 Å². The van der Waals surface area contributed by atoms with Gasteiger partial charge in [0, 0.05) is 13.0 Å². The summed E-state index contributed by atoms with van der Waals surface area (Å²) in [6.45, 7) is 0.276. The highest BCUT2D eigenvalue weighted by atomic mass is 19.4. The molecule has 32 heavy (non-hydrogen) atoms. The fourth-order valence-corrected chi connectivity index (χ4v) is 2.66. The average Bonchev–Trinajstić information content (AvgIpc) is 2.70. The van der Waals surface area contributed by atoms with Gasteiger partial charge in [-0.05, 0) is 29.2 Å². The second-order valence-electron chi connectivity index (χ2n) is 6.83. The van der Waals surface area contributed by atoms with Gasteiger partial charge in [-0.2, -0.15) is 13.2 Å². The number of alkyl halides is 3. The highest BCUT2D eigenvalue weighted by Gasteiger charge is 2.39. The van der Waals surface area contributed by atoms with E-state index in [1.165, 1.54) is 0 Å². The molecule has 2 rings (SSSR count). The molecular formula is C20H24F3N5O4. The zero-order valence-corrected chi connectivity index (χ0v) is 16.9. The number of nitrogens with zero attached hydrogens (tertiary/aromatic N) is 1. The van der Waals surface area contributed by atoms with Crippen LogP contribution in [-0.4, -0.2) is 47.0 Å². The Morgan fingerprint density at radius 2 is 1.53 bits per heavy atom. The third kappa shape index (κ3) is 7.87. The molecule has 0 radical (unpaired) electrons. The monoisotopic (exact) mass is 455 g/mol. The largest absolute Gasteiger partial charge is 0.490 e. The fourth-order valence-electron chi connectivity index (χ4n) is 2.66. The molecule has 2 aromatic rings. The Balaban J connectivity index is 0.000000633. The maximum atomic E-state index is 12.6. The van der Waals surface area contributed by atoms with Crippen LogP contribution in [0.5, 0.6) is 0 Å². The van der Waals surface area contributed by atoms with Gasteiger partial charge in [0.05, 0.1) is 0 Å². The summed E-state index contributed by atoms with van der Waals surface area (Å²) in [4.78, 5) is 37.1. The third-order valence-electron chi connectivity index (χ3n) is 4.38. The molecule has 0 bridgehead atoms. The van der Waals surface area contributed by atoms with Crippen molar-refractivity contribution in [3.63, 3.8) is 0 Å². The first-order chi connectivity index (χ1) is 14.8. The van der Waals surface area contributed by atoms with Crippen molar-refractivity contribution in [3.8, 4) is 0 Å². The van der Waals surface area contributed by atoms with Crippen molar-refractivity contribution in [2.24, 2.45) is 27.9 Å². The topological polar surface area (TPSA) is 188 Å². The number of ketones is 1. The molecule has 0 saturated heterocycles. The summed E-state index contributed by atoms with van der Waals surface area (Å²) in [5.74, 6) is -4.07. The summed E-state index contributed by atoms with van der Waals surface area (Å²) in [6, 6.07) is 13.5. The summed E-state index contributed by atoms with van der Waals surface area (Å²) in [7, 11) is 0. The van der Waals surface area contributed by atoms with Gasteiger partial charge in [0.25, 0.3) is 0 Å². The van der Waals surface area contributed by atoms with Gasteiger partial charge < -0.3 is 28.0 Å². The van der Waals surface area contributed by atoms with E-state index in [1.807, 2.05) is 42.5 Å².